The fraction of sp³-hybridized carbons (Fsp3) is 0.333. The van der Waals surface area contributed by atoms with Gasteiger partial charge in [0.1, 0.15) is 11.8 Å². The predicted molar refractivity (Wildman–Crippen MR) is 97.4 cm³/mol. The highest BCUT2D eigenvalue weighted by Crippen LogP contribution is 2.39. The fourth-order valence-corrected chi connectivity index (χ4v) is 3.37. The number of nitrogens with zero attached hydrogens (tertiary/aromatic N) is 2. The van der Waals surface area contributed by atoms with Crippen LogP contribution in [0.2, 0.25) is 0 Å². The molecule has 3 heterocycles. The topological polar surface area (TPSA) is 55.1 Å². The number of halogens is 1. The van der Waals surface area contributed by atoms with Gasteiger partial charge in [-0.3, -0.25) is 4.98 Å². The summed E-state index contributed by atoms with van der Waals surface area (Å²) >= 11 is 1.36. The maximum Gasteiger partial charge on any atom is 0.525 e. The minimum absolute atomic E-state index is 0.478. The first-order valence-corrected chi connectivity index (χ1v) is 8.73. The van der Waals surface area contributed by atoms with Gasteiger partial charge < -0.3 is 9.31 Å². The Kier molecular flexibility index (Phi) is 4.54. The van der Waals surface area contributed by atoms with Crippen LogP contribution >= 0.6 is 11.3 Å². The van der Waals surface area contributed by atoms with Gasteiger partial charge in [-0.05, 0) is 58.0 Å². The first-order chi connectivity index (χ1) is 11.7. The largest absolute Gasteiger partial charge is 0.525 e. The lowest BCUT2D eigenvalue weighted by Crippen LogP contribution is -2.41. The van der Waals surface area contributed by atoms with Crippen molar-refractivity contribution < 1.29 is 13.7 Å². The second-order valence-electron chi connectivity index (χ2n) is 6.83. The predicted octanol–water partition coefficient (Wildman–Crippen LogP) is 4.62. The molecule has 25 heavy (non-hydrogen) atoms. The van der Waals surface area contributed by atoms with Crippen LogP contribution in [-0.2, 0) is 9.31 Å². The van der Waals surface area contributed by atoms with E-state index in [0.29, 0.717) is 16.1 Å². The number of rotatable bonds is 3. The van der Waals surface area contributed by atoms with Crippen LogP contribution < -0.4 is 0 Å². The molecule has 2 aromatic rings. The molecule has 128 valence electrons. The molecule has 4 nitrogen and oxygen atoms in total. The monoisotopic (exact) mass is 356 g/mol. The Hall–Kier alpha value is -2.01. The third-order valence-corrected chi connectivity index (χ3v) is 5.59. The van der Waals surface area contributed by atoms with Crippen molar-refractivity contribution in [1.82, 2.24) is 4.98 Å². The Labute approximate surface area is 151 Å². The van der Waals surface area contributed by atoms with Gasteiger partial charge in [0.25, 0.3) is 0 Å². The van der Waals surface area contributed by atoms with Gasteiger partial charge in [-0.15, -0.1) is 11.3 Å². The van der Waals surface area contributed by atoms with E-state index in [1.165, 1.54) is 17.4 Å². The minimum Gasteiger partial charge on any atom is -0.398 e. The van der Waals surface area contributed by atoms with E-state index in [1.54, 1.807) is 24.4 Å². The van der Waals surface area contributed by atoms with Gasteiger partial charge in [0.2, 0.25) is 0 Å². The number of pyridine rings is 1. The van der Waals surface area contributed by atoms with Crippen molar-refractivity contribution in [1.29, 1.82) is 5.26 Å². The smallest absolute Gasteiger partial charge is 0.398 e. The number of thiophene rings is 1. The molecule has 0 N–H and O–H groups in total. The molecule has 0 aliphatic carbocycles. The highest BCUT2D eigenvalue weighted by Gasteiger charge is 2.53. The van der Waals surface area contributed by atoms with E-state index in [2.05, 4.69) is 11.1 Å². The van der Waals surface area contributed by atoms with Crippen molar-refractivity contribution in [2.24, 2.45) is 0 Å². The van der Waals surface area contributed by atoms with E-state index in [-0.39, 0.29) is 0 Å². The number of hydrogen-bond acceptors (Lipinski definition) is 5. The summed E-state index contributed by atoms with van der Waals surface area (Å²) in [5.74, 6) is 0. The Morgan fingerprint density at radius 3 is 2.56 bits per heavy atom. The summed E-state index contributed by atoms with van der Waals surface area (Å²) in [5, 5.41) is 9.18. The van der Waals surface area contributed by atoms with E-state index in [0.717, 1.165) is 4.88 Å². The number of aromatic nitrogens is 1. The maximum atomic E-state index is 14.6. The zero-order chi connectivity index (χ0) is 18.2. The summed E-state index contributed by atoms with van der Waals surface area (Å²) < 4.78 is 26.0. The molecule has 0 aromatic carbocycles. The van der Waals surface area contributed by atoms with Crippen molar-refractivity contribution in [2.75, 3.05) is 0 Å². The zero-order valence-electron chi connectivity index (χ0n) is 14.5. The summed E-state index contributed by atoms with van der Waals surface area (Å²) in [6.45, 7) is 7.53. The lowest BCUT2D eigenvalue weighted by atomic mass is 9.87. The van der Waals surface area contributed by atoms with Crippen molar-refractivity contribution in [3.8, 4) is 16.6 Å². The minimum atomic E-state index is -1.01. The summed E-state index contributed by atoms with van der Waals surface area (Å²) in [7, 11) is -1.01. The van der Waals surface area contributed by atoms with E-state index >= 15 is 0 Å². The Morgan fingerprint density at radius 1 is 1.24 bits per heavy atom. The molecule has 0 amide bonds. The van der Waals surface area contributed by atoms with Crippen molar-refractivity contribution in [2.45, 2.75) is 38.9 Å². The standard InChI is InChI=1S/C18H18BFN2O2S/c1-17(2)18(3,4)24-19(23-17)15(20)10-13-7-8-14(25-13)16-12(11-21)6-5-9-22-16/h5-10H,1-4H3. The average Bonchev–Trinajstić information content (AvgIpc) is 3.09. The summed E-state index contributed by atoms with van der Waals surface area (Å²) in [6.07, 6.45) is 3.04. The lowest BCUT2D eigenvalue weighted by molar-refractivity contribution is 0.00578. The van der Waals surface area contributed by atoms with Gasteiger partial charge in [0.05, 0.1) is 27.3 Å². The molecule has 0 radical (unpaired) electrons. The molecule has 2 aromatic heterocycles. The Bertz CT molecular complexity index is 854. The molecule has 7 heteroatoms. The van der Waals surface area contributed by atoms with E-state index in [1.807, 2.05) is 33.8 Å². The molecule has 1 aliphatic rings. The molecule has 0 saturated carbocycles. The van der Waals surface area contributed by atoms with E-state index in [9.17, 15) is 9.65 Å². The molecule has 0 unspecified atom stereocenters. The van der Waals surface area contributed by atoms with Crippen molar-refractivity contribution >= 4 is 24.5 Å². The van der Waals surface area contributed by atoms with Crippen LogP contribution in [0, 0.1) is 11.3 Å². The van der Waals surface area contributed by atoms with Gasteiger partial charge in [-0.1, -0.05) is 0 Å². The van der Waals surface area contributed by atoms with Gasteiger partial charge in [0.15, 0.2) is 0 Å². The highest BCUT2D eigenvalue weighted by molar-refractivity contribution is 7.16. The van der Waals surface area contributed by atoms with Crippen LogP contribution in [-0.4, -0.2) is 23.3 Å². The third-order valence-electron chi connectivity index (χ3n) is 4.55. The molecule has 3 rings (SSSR count). The molecule has 1 fully saturated rings. The van der Waals surface area contributed by atoms with Crippen LogP contribution in [0.25, 0.3) is 16.6 Å². The average molecular weight is 356 g/mol. The molecular formula is C18H18BFN2O2S. The zero-order valence-corrected chi connectivity index (χ0v) is 15.4. The van der Waals surface area contributed by atoms with Crippen LogP contribution in [0.1, 0.15) is 38.1 Å². The Balaban J connectivity index is 1.84. The normalized spacial score (nSPS) is 19.0. The molecule has 0 spiro atoms. The van der Waals surface area contributed by atoms with Crippen LogP contribution in [0.4, 0.5) is 4.39 Å². The number of hydrogen-bond donors (Lipinski definition) is 0. The first-order valence-electron chi connectivity index (χ1n) is 7.91. The van der Waals surface area contributed by atoms with Crippen molar-refractivity contribution in [3.05, 3.63) is 46.6 Å². The van der Waals surface area contributed by atoms with Crippen LogP contribution in [0.3, 0.4) is 0 Å². The number of nitriles is 1. The van der Waals surface area contributed by atoms with Gasteiger partial charge >= 0.3 is 7.12 Å². The second kappa shape index (κ2) is 6.38. The fourth-order valence-electron chi connectivity index (χ4n) is 2.41. The third kappa shape index (κ3) is 3.38. The van der Waals surface area contributed by atoms with Crippen LogP contribution in [0.15, 0.2) is 36.2 Å². The van der Waals surface area contributed by atoms with Crippen molar-refractivity contribution in [3.63, 3.8) is 0 Å². The van der Waals surface area contributed by atoms with E-state index in [4.69, 9.17) is 9.31 Å². The second-order valence-corrected chi connectivity index (χ2v) is 7.95. The molecule has 1 saturated heterocycles. The summed E-state index contributed by atoms with van der Waals surface area (Å²) in [4.78, 5) is 5.77. The molecule has 0 atom stereocenters. The van der Waals surface area contributed by atoms with Gasteiger partial charge in [0, 0.05) is 11.1 Å². The SMILES string of the molecule is CC1(C)OB(C(F)=Cc2ccc(-c3ncccc3C#N)s2)OC1(C)C. The quantitative estimate of drug-likeness (QED) is 0.753. The molecular weight excluding hydrogens is 338 g/mol. The van der Waals surface area contributed by atoms with E-state index < -0.39 is 24.0 Å². The summed E-state index contributed by atoms with van der Waals surface area (Å²) in [5.41, 5.74) is -0.552. The van der Waals surface area contributed by atoms with Gasteiger partial charge in [-0.25, -0.2) is 4.39 Å². The maximum absolute atomic E-state index is 14.6. The lowest BCUT2D eigenvalue weighted by Gasteiger charge is -2.32. The molecule has 0 bridgehead atoms. The highest BCUT2D eigenvalue weighted by atomic mass is 32.1. The Morgan fingerprint density at radius 2 is 1.92 bits per heavy atom. The van der Waals surface area contributed by atoms with Gasteiger partial charge in [-0.2, -0.15) is 5.26 Å². The molecule has 1 aliphatic heterocycles. The summed E-state index contributed by atoms with van der Waals surface area (Å²) in [6, 6.07) is 9.17. The first kappa shape index (κ1) is 17.8. The van der Waals surface area contributed by atoms with Crippen LogP contribution in [0.5, 0.6) is 0 Å².